The molecule has 9 N–H and O–H groups in total. The second-order valence-electron chi connectivity index (χ2n) is 17.6. The summed E-state index contributed by atoms with van der Waals surface area (Å²) in [6.45, 7) is 9.36. The van der Waals surface area contributed by atoms with Gasteiger partial charge in [0.05, 0.1) is 21.3 Å². The maximum atomic E-state index is 14.4. The van der Waals surface area contributed by atoms with Crippen LogP contribution in [0.25, 0.3) is 5.57 Å². The SMILES string of the molecule is C=C1/C(=C\C=C\NC(=O)[C@H](Cc2ccc(O)cc2)NC(=O)[C@H](CC(C)C)NC(=O)[C@H](Cc2ccc(O)cc2)NC(=O)[C@H](CCc2ccccc2)NC(C)=O)c2c(cc(OC)c(OC)c2OC)CC[C@@H]1N. The molecule has 1 aliphatic carbocycles. The molecule has 16 heteroatoms. The van der Waals surface area contributed by atoms with Gasteiger partial charge in [0.2, 0.25) is 35.3 Å². The van der Waals surface area contributed by atoms with Crippen LogP contribution in [-0.4, -0.2) is 91.3 Å². The van der Waals surface area contributed by atoms with E-state index in [0.29, 0.717) is 58.8 Å². The van der Waals surface area contributed by atoms with E-state index in [1.54, 1.807) is 43.5 Å². The third-order valence-electron chi connectivity index (χ3n) is 11.9. The zero-order valence-electron chi connectivity index (χ0n) is 40.7. The third kappa shape index (κ3) is 15.0. The van der Waals surface area contributed by atoms with Gasteiger partial charge in [-0.1, -0.05) is 81.1 Å². The molecular formula is C54H66N6O10. The zero-order chi connectivity index (χ0) is 50.9. The molecule has 4 aromatic carbocycles. The van der Waals surface area contributed by atoms with Crippen LogP contribution in [0.5, 0.6) is 28.7 Å². The van der Waals surface area contributed by atoms with Crippen molar-refractivity contribution in [3.63, 3.8) is 0 Å². The first kappa shape index (κ1) is 53.4. The van der Waals surface area contributed by atoms with Gasteiger partial charge in [0, 0.05) is 37.6 Å². The Morgan fingerprint density at radius 3 is 1.80 bits per heavy atom. The van der Waals surface area contributed by atoms with Crippen LogP contribution in [0.2, 0.25) is 0 Å². The Hall–Kier alpha value is -7.59. The van der Waals surface area contributed by atoms with E-state index in [-0.39, 0.29) is 49.1 Å². The van der Waals surface area contributed by atoms with Gasteiger partial charge in [-0.3, -0.25) is 24.0 Å². The molecule has 5 rings (SSSR count). The summed E-state index contributed by atoms with van der Waals surface area (Å²) in [4.78, 5) is 69.1. The first-order valence-electron chi connectivity index (χ1n) is 23.2. The van der Waals surface area contributed by atoms with Crippen LogP contribution in [0.4, 0.5) is 0 Å². The van der Waals surface area contributed by atoms with Crippen LogP contribution in [0.3, 0.4) is 0 Å². The molecule has 5 amide bonds. The van der Waals surface area contributed by atoms with Crippen molar-refractivity contribution in [2.75, 3.05) is 21.3 Å². The molecule has 1 aliphatic rings. The second kappa shape index (κ2) is 25.7. The lowest BCUT2D eigenvalue weighted by molar-refractivity contribution is -0.134. The summed E-state index contributed by atoms with van der Waals surface area (Å²) in [5, 5.41) is 33.9. The number of nitrogens with one attached hydrogen (secondary N) is 5. The van der Waals surface area contributed by atoms with Gasteiger partial charge in [0.1, 0.15) is 35.7 Å². The fourth-order valence-corrected chi connectivity index (χ4v) is 8.25. The quantitative estimate of drug-likeness (QED) is 0.0483. The Bertz CT molecular complexity index is 2520. The number of ether oxygens (including phenoxy) is 3. The van der Waals surface area contributed by atoms with Gasteiger partial charge in [0.15, 0.2) is 11.5 Å². The van der Waals surface area contributed by atoms with Gasteiger partial charge in [-0.05, 0) is 108 Å². The average Bonchev–Trinajstić information content (AvgIpc) is 3.45. The number of benzene rings is 4. The molecule has 0 saturated carbocycles. The molecule has 16 nitrogen and oxygen atoms in total. The summed E-state index contributed by atoms with van der Waals surface area (Å²) in [5.41, 5.74) is 11.7. The number of rotatable bonds is 22. The molecule has 0 fully saturated rings. The van der Waals surface area contributed by atoms with Crippen molar-refractivity contribution < 1.29 is 48.4 Å². The number of amides is 5. The summed E-state index contributed by atoms with van der Waals surface area (Å²) in [6, 6.07) is 18.8. The summed E-state index contributed by atoms with van der Waals surface area (Å²) in [5.74, 6) is -1.68. The van der Waals surface area contributed by atoms with E-state index in [4.69, 9.17) is 19.9 Å². The molecule has 0 radical (unpaired) electrons. The molecule has 0 saturated heterocycles. The van der Waals surface area contributed by atoms with E-state index in [1.807, 2.05) is 50.2 Å². The fourth-order valence-electron chi connectivity index (χ4n) is 8.25. The largest absolute Gasteiger partial charge is 0.508 e. The fraction of sp³-hybridized carbons (Fsp3) is 0.352. The number of carbonyl (C=O) groups excluding carboxylic acids is 5. The van der Waals surface area contributed by atoms with Gasteiger partial charge in [-0.2, -0.15) is 0 Å². The number of allylic oxidation sites excluding steroid dienone is 2. The summed E-state index contributed by atoms with van der Waals surface area (Å²) in [6.07, 6.45) is 6.91. The van der Waals surface area contributed by atoms with Crippen molar-refractivity contribution in [3.8, 4) is 28.7 Å². The Balaban J connectivity index is 1.40. The highest BCUT2D eigenvalue weighted by Crippen LogP contribution is 2.48. The monoisotopic (exact) mass is 958 g/mol. The minimum absolute atomic E-state index is 0.0108. The van der Waals surface area contributed by atoms with Gasteiger partial charge in [0.25, 0.3) is 0 Å². The minimum atomic E-state index is -1.23. The van der Waals surface area contributed by atoms with Gasteiger partial charge >= 0.3 is 0 Å². The van der Waals surface area contributed by atoms with Crippen molar-refractivity contribution in [2.45, 2.75) is 95.9 Å². The number of phenolic OH excluding ortho intramolecular Hbond substituents is 2. The van der Waals surface area contributed by atoms with Gasteiger partial charge in [-0.25, -0.2) is 0 Å². The van der Waals surface area contributed by atoms with E-state index in [9.17, 15) is 34.2 Å². The summed E-state index contributed by atoms with van der Waals surface area (Å²) < 4.78 is 17.1. The molecular weight excluding hydrogens is 893 g/mol. The van der Waals surface area contributed by atoms with Gasteiger partial charge < -0.3 is 56.7 Å². The first-order chi connectivity index (χ1) is 33.5. The number of phenols is 2. The van der Waals surface area contributed by atoms with Crippen LogP contribution in [-0.2, 0) is 49.7 Å². The Labute approximate surface area is 409 Å². The lowest BCUT2D eigenvalue weighted by Gasteiger charge is -2.27. The summed E-state index contributed by atoms with van der Waals surface area (Å²) in [7, 11) is 4.60. The third-order valence-corrected chi connectivity index (χ3v) is 11.9. The van der Waals surface area contributed by atoms with Crippen molar-refractivity contribution in [1.29, 1.82) is 0 Å². The Morgan fingerprint density at radius 1 is 0.714 bits per heavy atom. The minimum Gasteiger partial charge on any atom is -0.508 e. The van der Waals surface area contributed by atoms with Crippen LogP contribution < -0.4 is 46.5 Å². The number of hydrogen-bond acceptors (Lipinski definition) is 11. The molecule has 0 bridgehead atoms. The number of carbonyl (C=O) groups is 5. The van der Waals surface area contributed by atoms with E-state index in [1.165, 1.54) is 51.6 Å². The van der Waals surface area contributed by atoms with Crippen molar-refractivity contribution in [2.24, 2.45) is 11.7 Å². The highest BCUT2D eigenvalue weighted by Gasteiger charge is 2.33. The van der Waals surface area contributed by atoms with Gasteiger partial charge in [-0.15, -0.1) is 0 Å². The molecule has 0 unspecified atom stereocenters. The number of fused-ring (bicyclic) bond motifs is 1. The van der Waals surface area contributed by atoms with Crippen molar-refractivity contribution >= 4 is 35.1 Å². The van der Waals surface area contributed by atoms with E-state index >= 15 is 0 Å². The van der Waals surface area contributed by atoms with Crippen LogP contribution in [0.15, 0.2) is 115 Å². The molecule has 5 atom stereocenters. The van der Waals surface area contributed by atoms with E-state index < -0.39 is 53.7 Å². The molecule has 0 aromatic heterocycles. The predicted molar refractivity (Wildman–Crippen MR) is 268 cm³/mol. The number of hydrogen-bond donors (Lipinski definition) is 8. The number of aromatic hydroxyl groups is 2. The van der Waals surface area contributed by atoms with E-state index in [2.05, 4.69) is 33.2 Å². The molecule has 4 aromatic rings. The lowest BCUT2D eigenvalue weighted by atomic mass is 9.92. The highest BCUT2D eigenvalue weighted by molar-refractivity contribution is 5.96. The number of aryl methyl sites for hydroxylation is 2. The summed E-state index contributed by atoms with van der Waals surface area (Å²) >= 11 is 0. The first-order valence-corrected chi connectivity index (χ1v) is 23.2. The maximum Gasteiger partial charge on any atom is 0.246 e. The predicted octanol–water partition coefficient (Wildman–Crippen LogP) is 5.09. The van der Waals surface area contributed by atoms with Crippen LogP contribution in [0, 0.1) is 5.92 Å². The number of nitrogens with two attached hydrogens (primary N) is 1. The number of methoxy groups -OCH3 is 3. The molecule has 0 heterocycles. The molecule has 70 heavy (non-hydrogen) atoms. The van der Waals surface area contributed by atoms with Crippen LogP contribution >= 0.6 is 0 Å². The second-order valence-corrected chi connectivity index (χ2v) is 17.6. The maximum absolute atomic E-state index is 14.4. The smallest absolute Gasteiger partial charge is 0.246 e. The standard InChI is InChI=1S/C54H66N6O10/c1-32(2)28-44(58-54(67)46(30-37-17-23-40(63)24-18-37)60-52(65)43(57-34(4)61)26-19-35-12-9-8-10-13-35)53(66)59-45(29-36-15-21-39(62)22-16-36)51(64)56-27-11-14-41-33(3)42(55)25-20-38-31-47(68-5)49(69-6)50(70-7)48(38)41/h8-18,21-24,27,31-32,42-46,62-63H,3,19-20,25-26,28-30,55H2,1-2,4-7H3,(H,56,64)(H,57,61)(H,58,67)(H,59,66)(H,60,65)/b27-11+,41-14+/t42-,43-,44-,45-,46-/m0/s1. The zero-order valence-corrected chi connectivity index (χ0v) is 40.7. The van der Waals surface area contributed by atoms with Crippen LogP contribution in [0.1, 0.15) is 67.9 Å². The topological polar surface area (TPSA) is 240 Å². The highest BCUT2D eigenvalue weighted by atomic mass is 16.5. The van der Waals surface area contributed by atoms with Crippen molar-refractivity contribution in [1.82, 2.24) is 26.6 Å². The van der Waals surface area contributed by atoms with Crippen molar-refractivity contribution in [3.05, 3.63) is 143 Å². The Kier molecular flexibility index (Phi) is 19.6. The average molecular weight is 959 g/mol. The normalized spacial score (nSPS) is 15.7. The molecule has 0 spiro atoms. The Morgan fingerprint density at radius 2 is 1.26 bits per heavy atom. The molecule has 0 aliphatic heterocycles. The lowest BCUT2D eigenvalue weighted by Crippen LogP contribution is -2.59. The molecule has 372 valence electrons. The van der Waals surface area contributed by atoms with E-state index in [0.717, 1.165) is 16.7 Å².